The van der Waals surface area contributed by atoms with Gasteiger partial charge in [-0.15, -0.1) is 0 Å². The van der Waals surface area contributed by atoms with Crippen LogP contribution in [0.25, 0.3) is 10.9 Å². The van der Waals surface area contributed by atoms with E-state index in [1.807, 2.05) is 30.3 Å². The zero-order valence-corrected chi connectivity index (χ0v) is 18.1. The van der Waals surface area contributed by atoms with E-state index in [0.717, 1.165) is 61.2 Å². The molecular formula is C22H22Cl3N3O. The van der Waals surface area contributed by atoms with Crippen molar-refractivity contribution in [2.75, 3.05) is 18.4 Å². The number of aromatic amines is 1. The summed E-state index contributed by atoms with van der Waals surface area (Å²) in [4.78, 5) is 15.5. The first-order chi connectivity index (χ1) is 14.0. The van der Waals surface area contributed by atoms with E-state index in [4.69, 9.17) is 34.8 Å². The second kappa shape index (κ2) is 8.97. The maximum atomic E-state index is 12.2. The summed E-state index contributed by atoms with van der Waals surface area (Å²) in [6, 6.07) is 11.3. The van der Waals surface area contributed by atoms with Crippen LogP contribution in [-0.4, -0.2) is 18.1 Å². The molecule has 0 aliphatic heterocycles. The molecule has 1 aliphatic rings. The molecular weight excluding hydrogens is 429 g/mol. The average Bonchev–Trinajstić information content (AvgIpc) is 2.72. The quantitative estimate of drug-likeness (QED) is 0.321. The van der Waals surface area contributed by atoms with E-state index in [0.29, 0.717) is 20.5 Å². The summed E-state index contributed by atoms with van der Waals surface area (Å²) >= 11 is 18.8. The van der Waals surface area contributed by atoms with E-state index in [2.05, 4.69) is 15.6 Å². The van der Waals surface area contributed by atoms with Crippen LogP contribution < -0.4 is 16.1 Å². The molecule has 0 saturated heterocycles. The predicted molar refractivity (Wildman–Crippen MR) is 123 cm³/mol. The number of fused-ring (bicyclic) bond motifs is 2. The molecule has 0 saturated carbocycles. The Labute approximate surface area is 184 Å². The van der Waals surface area contributed by atoms with Gasteiger partial charge in [-0.3, -0.25) is 4.79 Å². The first kappa shape index (κ1) is 20.5. The lowest BCUT2D eigenvalue weighted by atomic mass is 9.87. The van der Waals surface area contributed by atoms with Gasteiger partial charge < -0.3 is 15.6 Å². The zero-order chi connectivity index (χ0) is 20.4. The Kier molecular flexibility index (Phi) is 6.35. The van der Waals surface area contributed by atoms with E-state index < -0.39 is 0 Å². The largest absolute Gasteiger partial charge is 0.371 e. The summed E-state index contributed by atoms with van der Waals surface area (Å²) in [5, 5.41) is 9.15. The first-order valence-corrected chi connectivity index (χ1v) is 10.9. The van der Waals surface area contributed by atoms with E-state index in [9.17, 15) is 4.79 Å². The fourth-order valence-corrected chi connectivity index (χ4v) is 4.68. The van der Waals surface area contributed by atoms with E-state index >= 15 is 0 Å². The highest BCUT2D eigenvalue weighted by Gasteiger charge is 2.24. The van der Waals surface area contributed by atoms with Gasteiger partial charge in [0.25, 0.3) is 0 Å². The number of hydrogen-bond donors (Lipinski definition) is 3. The van der Waals surface area contributed by atoms with Gasteiger partial charge in [-0.1, -0.05) is 46.9 Å². The van der Waals surface area contributed by atoms with Crippen LogP contribution in [0.5, 0.6) is 0 Å². The Balaban J connectivity index is 1.34. The molecule has 2 aromatic carbocycles. The van der Waals surface area contributed by atoms with Gasteiger partial charge >= 0.3 is 0 Å². The fourth-order valence-electron chi connectivity index (χ4n) is 3.95. The van der Waals surface area contributed by atoms with E-state index in [1.54, 1.807) is 6.07 Å². The Morgan fingerprint density at radius 2 is 1.90 bits per heavy atom. The third kappa shape index (κ3) is 4.41. The molecule has 4 rings (SSSR count). The first-order valence-electron chi connectivity index (χ1n) is 9.80. The number of pyridine rings is 1. The van der Waals surface area contributed by atoms with Crippen LogP contribution in [0.1, 0.15) is 36.4 Å². The molecule has 1 unspecified atom stereocenters. The lowest BCUT2D eigenvalue weighted by Crippen LogP contribution is -2.27. The smallest absolute Gasteiger partial charge is 0.191 e. The number of hydrogen-bond acceptors (Lipinski definition) is 3. The van der Waals surface area contributed by atoms with Gasteiger partial charge in [0, 0.05) is 24.0 Å². The summed E-state index contributed by atoms with van der Waals surface area (Å²) in [7, 11) is 0. The summed E-state index contributed by atoms with van der Waals surface area (Å²) in [5.74, 6) is 0.741. The molecule has 0 amide bonds. The highest BCUT2D eigenvalue weighted by molar-refractivity contribution is 6.48. The summed E-state index contributed by atoms with van der Waals surface area (Å²) in [5.41, 5.74) is 3.12. The van der Waals surface area contributed by atoms with Crippen LogP contribution in [0.15, 0.2) is 41.2 Å². The second-order valence-corrected chi connectivity index (χ2v) is 8.49. The zero-order valence-electron chi connectivity index (χ0n) is 15.8. The standard InChI is InChI=1S/C22H22Cl3N3O/c23-16-11-15-13(21(24)22(16)25)6-3-8-17(15)26-9-4-10-27-20-12-19(29)14-5-1-2-7-18(14)28-20/h1-2,5,7,11-12,17,26H,3-4,6,8-10H2,(H2,27,28,29). The second-order valence-electron chi connectivity index (χ2n) is 7.33. The molecule has 4 nitrogen and oxygen atoms in total. The van der Waals surface area contributed by atoms with E-state index in [1.165, 1.54) is 0 Å². The topological polar surface area (TPSA) is 56.9 Å². The monoisotopic (exact) mass is 449 g/mol. The van der Waals surface area contributed by atoms with Crippen LogP contribution in [0.3, 0.4) is 0 Å². The van der Waals surface area contributed by atoms with Crippen LogP contribution in [0.2, 0.25) is 15.1 Å². The Hall–Kier alpha value is -1.72. The number of para-hydroxylation sites is 1. The van der Waals surface area contributed by atoms with Gasteiger partial charge in [-0.2, -0.15) is 0 Å². The minimum atomic E-state index is 0.0196. The van der Waals surface area contributed by atoms with Crippen molar-refractivity contribution in [1.29, 1.82) is 0 Å². The SMILES string of the molecule is O=c1cc(NCCCNC2CCCc3c2cc(Cl)c(Cl)c3Cl)[nH]c2ccccc12. The molecule has 3 N–H and O–H groups in total. The predicted octanol–water partition coefficient (Wildman–Crippen LogP) is 5.96. The van der Waals surface area contributed by atoms with Gasteiger partial charge in [0.05, 0.1) is 20.6 Å². The summed E-state index contributed by atoms with van der Waals surface area (Å²) in [6.07, 6.45) is 3.96. The van der Waals surface area contributed by atoms with Crippen LogP contribution in [0, 0.1) is 0 Å². The normalized spacial score (nSPS) is 16.0. The lowest BCUT2D eigenvalue weighted by molar-refractivity contribution is 0.458. The molecule has 0 spiro atoms. The number of nitrogens with one attached hydrogen (secondary N) is 3. The molecule has 7 heteroatoms. The molecule has 1 aliphatic carbocycles. The van der Waals surface area contributed by atoms with Crippen molar-refractivity contribution in [2.45, 2.75) is 31.7 Å². The van der Waals surface area contributed by atoms with Crippen molar-refractivity contribution in [3.05, 3.63) is 72.8 Å². The van der Waals surface area contributed by atoms with Gasteiger partial charge in [0.15, 0.2) is 5.43 Å². The van der Waals surface area contributed by atoms with Gasteiger partial charge in [-0.25, -0.2) is 0 Å². The van der Waals surface area contributed by atoms with Crippen molar-refractivity contribution in [1.82, 2.24) is 10.3 Å². The molecule has 0 bridgehead atoms. The molecule has 1 atom stereocenters. The Morgan fingerprint density at radius 3 is 2.76 bits per heavy atom. The van der Waals surface area contributed by atoms with Crippen LogP contribution >= 0.6 is 34.8 Å². The van der Waals surface area contributed by atoms with Gasteiger partial charge in [0.1, 0.15) is 5.82 Å². The highest BCUT2D eigenvalue weighted by atomic mass is 35.5. The van der Waals surface area contributed by atoms with Gasteiger partial charge in [0.2, 0.25) is 0 Å². The highest BCUT2D eigenvalue weighted by Crippen LogP contribution is 2.41. The number of halogens is 3. The van der Waals surface area contributed by atoms with Gasteiger partial charge in [-0.05, 0) is 61.6 Å². The van der Waals surface area contributed by atoms with Crippen molar-refractivity contribution < 1.29 is 0 Å². The van der Waals surface area contributed by atoms with Crippen molar-refractivity contribution in [3.8, 4) is 0 Å². The molecule has 0 fully saturated rings. The average molecular weight is 451 g/mol. The Bertz CT molecular complexity index is 1100. The maximum absolute atomic E-state index is 12.2. The molecule has 1 aromatic heterocycles. The minimum Gasteiger partial charge on any atom is -0.371 e. The third-order valence-corrected chi connectivity index (χ3v) is 6.69. The van der Waals surface area contributed by atoms with Crippen LogP contribution in [0.4, 0.5) is 5.82 Å². The maximum Gasteiger partial charge on any atom is 0.191 e. The molecule has 29 heavy (non-hydrogen) atoms. The fraction of sp³-hybridized carbons (Fsp3) is 0.318. The molecule has 1 heterocycles. The number of anilines is 1. The molecule has 3 aromatic rings. The third-order valence-electron chi connectivity index (χ3n) is 5.39. The lowest BCUT2D eigenvalue weighted by Gasteiger charge is -2.28. The van der Waals surface area contributed by atoms with Crippen molar-refractivity contribution >= 4 is 51.5 Å². The number of H-pyrrole nitrogens is 1. The number of benzene rings is 2. The number of aromatic nitrogens is 1. The van der Waals surface area contributed by atoms with Crippen LogP contribution in [-0.2, 0) is 6.42 Å². The molecule has 152 valence electrons. The van der Waals surface area contributed by atoms with Crippen molar-refractivity contribution in [3.63, 3.8) is 0 Å². The minimum absolute atomic E-state index is 0.0196. The Morgan fingerprint density at radius 1 is 1.07 bits per heavy atom. The summed E-state index contributed by atoms with van der Waals surface area (Å²) < 4.78 is 0. The summed E-state index contributed by atoms with van der Waals surface area (Å²) in [6.45, 7) is 1.59. The number of rotatable bonds is 6. The molecule has 0 radical (unpaired) electrons. The van der Waals surface area contributed by atoms with Crippen molar-refractivity contribution in [2.24, 2.45) is 0 Å². The van der Waals surface area contributed by atoms with E-state index in [-0.39, 0.29) is 11.5 Å².